The fourth-order valence-corrected chi connectivity index (χ4v) is 2.92. The summed E-state index contributed by atoms with van der Waals surface area (Å²) < 4.78 is 5.64. The van der Waals surface area contributed by atoms with E-state index in [1.54, 1.807) is 0 Å². The maximum Gasteiger partial charge on any atom is 0.0933 e. The normalized spacial score (nSPS) is 31.0. The Hall–Kier alpha value is -0.160. The third-order valence-corrected chi connectivity index (χ3v) is 4.52. The number of nitrogens with zero attached hydrogens (tertiary/aromatic N) is 1. The number of nitrogens with one attached hydrogen (secondary N) is 1. The van der Waals surface area contributed by atoms with Gasteiger partial charge in [-0.3, -0.25) is 4.90 Å². The second-order valence-corrected chi connectivity index (χ2v) is 5.63. The van der Waals surface area contributed by atoms with Crippen LogP contribution in [0.4, 0.5) is 0 Å². The van der Waals surface area contributed by atoms with Crippen molar-refractivity contribution in [2.75, 3.05) is 26.3 Å². The molecule has 1 fully saturated rings. The zero-order chi connectivity index (χ0) is 13.8. The Morgan fingerprint density at radius 1 is 1.50 bits per heavy atom. The Bertz CT molecular complexity index is 250. The van der Waals surface area contributed by atoms with E-state index in [0.29, 0.717) is 18.7 Å². The molecular formula is C14H30N2O2. The first kappa shape index (κ1) is 15.9. The predicted molar refractivity (Wildman–Crippen MR) is 74.8 cm³/mol. The van der Waals surface area contributed by atoms with E-state index >= 15 is 0 Å². The second kappa shape index (κ2) is 6.85. The van der Waals surface area contributed by atoms with E-state index in [4.69, 9.17) is 4.74 Å². The van der Waals surface area contributed by atoms with Gasteiger partial charge >= 0.3 is 0 Å². The molecule has 1 rings (SSSR count). The maximum absolute atomic E-state index is 9.31. The molecule has 4 atom stereocenters. The van der Waals surface area contributed by atoms with Crippen LogP contribution in [0.2, 0.25) is 0 Å². The lowest BCUT2D eigenvalue weighted by molar-refractivity contribution is -0.118. The zero-order valence-corrected chi connectivity index (χ0v) is 12.6. The first-order chi connectivity index (χ1) is 8.49. The van der Waals surface area contributed by atoms with Crippen LogP contribution in [0.3, 0.4) is 0 Å². The smallest absolute Gasteiger partial charge is 0.0933 e. The molecule has 0 aromatic rings. The summed E-state index contributed by atoms with van der Waals surface area (Å²) in [5.41, 5.74) is 0.104. The summed E-state index contributed by atoms with van der Waals surface area (Å²) in [6, 6.07) is 0.825. The molecule has 2 N–H and O–H groups in total. The van der Waals surface area contributed by atoms with E-state index in [1.807, 2.05) is 0 Å². The highest BCUT2D eigenvalue weighted by Crippen LogP contribution is 2.29. The third-order valence-electron chi connectivity index (χ3n) is 4.52. The summed E-state index contributed by atoms with van der Waals surface area (Å²) in [6.45, 7) is 13.8. The van der Waals surface area contributed by atoms with Crippen LogP contribution >= 0.6 is 0 Å². The molecule has 4 heteroatoms. The van der Waals surface area contributed by atoms with Crippen molar-refractivity contribution < 1.29 is 9.84 Å². The first-order valence-corrected chi connectivity index (χ1v) is 7.22. The Morgan fingerprint density at radius 3 is 2.67 bits per heavy atom. The van der Waals surface area contributed by atoms with Crippen molar-refractivity contribution in [1.29, 1.82) is 0 Å². The van der Waals surface area contributed by atoms with Crippen molar-refractivity contribution in [1.82, 2.24) is 10.2 Å². The standard InChI is InChI=1S/C14H30N2O2/c1-6-14(5,12(4)15-7-2)16-8-13(9-17)18-10-11(16)3/h11-13,15,17H,6-10H2,1-5H3. The van der Waals surface area contributed by atoms with Crippen LogP contribution < -0.4 is 5.32 Å². The molecule has 0 aromatic heterocycles. The zero-order valence-electron chi connectivity index (χ0n) is 12.6. The number of likely N-dealkylation sites (N-methyl/N-ethyl adjacent to an activating group) is 1. The fraction of sp³-hybridized carbons (Fsp3) is 1.00. The van der Waals surface area contributed by atoms with E-state index in [2.05, 4.69) is 44.8 Å². The molecule has 0 amide bonds. The van der Waals surface area contributed by atoms with Crippen LogP contribution in [0.5, 0.6) is 0 Å². The summed E-state index contributed by atoms with van der Waals surface area (Å²) in [5, 5.41) is 12.9. The highest BCUT2D eigenvalue weighted by Gasteiger charge is 2.41. The molecule has 1 saturated heterocycles. The van der Waals surface area contributed by atoms with Crippen molar-refractivity contribution in [3.05, 3.63) is 0 Å². The lowest BCUT2D eigenvalue weighted by atomic mass is 9.86. The van der Waals surface area contributed by atoms with E-state index in [9.17, 15) is 5.11 Å². The minimum absolute atomic E-state index is 0.0408. The summed E-state index contributed by atoms with van der Waals surface area (Å²) in [5.74, 6) is 0. The average molecular weight is 258 g/mol. The van der Waals surface area contributed by atoms with Gasteiger partial charge in [0.1, 0.15) is 0 Å². The molecule has 18 heavy (non-hydrogen) atoms. The van der Waals surface area contributed by atoms with Gasteiger partial charge in [0.25, 0.3) is 0 Å². The lowest BCUT2D eigenvalue weighted by Gasteiger charge is -2.51. The minimum Gasteiger partial charge on any atom is -0.394 e. The van der Waals surface area contributed by atoms with Gasteiger partial charge in [-0.05, 0) is 33.7 Å². The minimum atomic E-state index is -0.0408. The summed E-state index contributed by atoms with van der Waals surface area (Å²) in [7, 11) is 0. The van der Waals surface area contributed by atoms with E-state index in [1.165, 1.54) is 0 Å². The van der Waals surface area contributed by atoms with Crippen LogP contribution in [0.15, 0.2) is 0 Å². The average Bonchev–Trinajstić information content (AvgIpc) is 2.38. The van der Waals surface area contributed by atoms with Crippen molar-refractivity contribution in [3.63, 3.8) is 0 Å². The number of hydrogen-bond donors (Lipinski definition) is 2. The Kier molecular flexibility index (Phi) is 6.05. The highest BCUT2D eigenvalue weighted by atomic mass is 16.5. The van der Waals surface area contributed by atoms with Crippen molar-refractivity contribution in [2.24, 2.45) is 0 Å². The van der Waals surface area contributed by atoms with E-state index in [0.717, 1.165) is 19.5 Å². The fourth-order valence-electron chi connectivity index (χ4n) is 2.92. The summed E-state index contributed by atoms with van der Waals surface area (Å²) >= 11 is 0. The van der Waals surface area contributed by atoms with Crippen LogP contribution in [0, 0.1) is 0 Å². The highest BCUT2D eigenvalue weighted by molar-refractivity contribution is 4.98. The Morgan fingerprint density at radius 2 is 2.17 bits per heavy atom. The quantitative estimate of drug-likeness (QED) is 0.752. The van der Waals surface area contributed by atoms with Gasteiger partial charge in [-0.25, -0.2) is 0 Å². The van der Waals surface area contributed by atoms with E-state index < -0.39 is 0 Å². The SMILES string of the molecule is CCNC(C)C(C)(CC)N1CC(CO)OCC1C. The molecule has 108 valence electrons. The molecule has 0 aromatic carbocycles. The van der Waals surface area contributed by atoms with Crippen molar-refractivity contribution in [2.45, 2.75) is 64.8 Å². The van der Waals surface area contributed by atoms with Gasteiger partial charge in [0.2, 0.25) is 0 Å². The molecule has 0 radical (unpaired) electrons. The first-order valence-electron chi connectivity index (χ1n) is 7.22. The van der Waals surface area contributed by atoms with Crippen LogP contribution in [-0.4, -0.2) is 60.0 Å². The Balaban J connectivity index is 2.83. The Labute approximate surface area is 112 Å². The monoisotopic (exact) mass is 258 g/mol. The number of aliphatic hydroxyl groups excluding tert-OH is 1. The molecule has 1 aliphatic heterocycles. The number of morpholine rings is 1. The van der Waals surface area contributed by atoms with E-state index in [-0.39, 0.29) is 18.2 Å². The number of aliphatic hydroxyl groups is 1. The van der Waals surface area contributed by atoms with Crippen molar-refractivity contribution >= 4 is 0 Å². The van der Waals surface area contributed by atoms with Crippen LogP contribution in [0.25, 0.3) is 0 Å². The van der Waals surface area contributed by atoms with Gasteiger partial charge in [-0.2, -0.15) is 0 Å². The predicted octanol–water partition coefficient (Wildman–Crippen LogP) is 1.23. The molecule has 1 heterocycles. The topological polar surface area (TPSA) is 44.7 Å². The van der Waals surface area contributed by atoms with Gasteiger partial charge in [-0.1, -0.05) is 13.8 Å². The number of hydrogen-bond acceptors (Lipinski definition) is 4. The number of ether oxygens (including phenoxy) is 1. The summed E-state index contributed by atoms with van der Waals surface area (Å²) in [4.78, 5) is 2.50. The van der Waals surface area contributed by atoms with Crippen LogP contribution in [0.1, 0.15) is 41.0 Å². The van der Waals surface area contributed by atoms with Gasteiger partial charge < -0.3 is 15.2 Å². The molecule has 1 aliphatic rings. The molecule has 0 spiro atoms. The van der Waals surface area contributed by atoms with Gasteiger partial charge in [0.05, 0.1) is 19.3 Å². The largest absolute Gasteiger partial charge is 0.394 e. The van der Waals surface area contributed by atoms with Gasteiger partial charge in [0.15, 0.2) is 0 Å². The molecule has 4 nitrogen and oxygen atoms in total. The lowest BCUT2D eigenvalue weighted by Crippen LogP contribution is -2.65. The third kappa shape index (κ3) is 3.23. The molecule has 4 unspecified atom stereocenters. The number of rotatable bonds is 6. The van der Waals surface area contributed by atoms with Gasteiger partial charge in [-0.15, -0.1) is 0 Å². The molecule has 0 aliphatic carbocycles. The summed E-state index contributed by atoms with van der Waals surface area (Å²) in [6.07, 6.45) is 1.05. The molecular weight excluding hydrogens is 228 g/mol. The second-order valence-electron chi connectivity index (χ2n) is 5.63. The van der Waals surface area contributed by atoms with Gasteiger partial charge in [0, 0.05) is 24.2 Å². The van der Waals surface area contributed by atoms with Crippen molar-refractivity contribution in [3.8, 4) is 0 Å². The maximum atomic E-state index is 9.31. The molecule has 0 bridgehead atoms. The molecule has 0 saturated carbocycles. The van der Waals surface area contributed by atoms with Crippen LogP contribution in [-0.2, 0) is 4.74 Å².